The zero-order valence-electron chi connectivity index (χ0n) is 19.9. The maximum Gasteiger partial charge on any atom is 0.231 e. The first-order valence-corrected chi connectivity index (χ1v) is 12.4. The molecule has 0 fully saturated rings. The highest BCUT2D eigenvalue weighted by Crippen LogP contribution is 2.38. The number of aromatic nitrogens is 4. The van der Waals surface area contributed by atoms with Gasteiger partial charge in [-0.15, -0.1) is 11.3 Å². The minimum absolute atomic E-state index is 0.244. The molecule has 0 spiro atoms. The molecule has 0 radical (unpaired) electrons. The Kier molecular flexibility index (Phi) is 5.00. The summed E-state index contributed by atoms with van der Waals surface area (Å²) in [6.07, 6.45) is 1.85. The monoisotopic (exact) mass is 512 g/mol. The van der Waals surface area contributed by atoms with Crippen LogP contribution < -0.4 is 18.9 Å². The summed E-state index contributed by atoms with van der Waals surface area (Å²) in [5.41, 5.74) is 4.78. The average molecular weight is 513 g/mol. The van der Waals surface area contributed by atoms with Gasteiger partial charge in [0.25, 0.3) is 0 Å². The molecule has 184 valence electrons. The molecule has 0 N–H and O–H groups in total. The predicted octanol–water partition coefficient (Wildman–Crippen LogP) is 5.89. The molecule has 0 aliphatic carbocycles. The van der Waals surface area contributed by atoms with Crippen LogP contribution in [-0.2, 0) is 6.61 Å². The van der Waals surface area contributed by atoms with E-state index >= 15 is 0 Å². The highest BCUT2D eigenvalue weighted by atomic mass is 32.1. The van der Waals surface area contributed by atoms with Crippen LogP contribution >= 0.6 is 11.3 Å². The van der Waals surface area contributed by atoms with Gasteiger partial charge in [-0.25, -0.2) is 14.5 Å². The lowest BCUT2D eigenvalue weighted by Crippen LogP contribution is -1.97. The van der Waals surface area contributed by atoms with E-state index in [2.05, 4.69) is 10.1 Å². The van der Waals surface area contributed by atoms with Gasteiger partial charge in [-0.05, 0) is 43.3 Å². The molecule has 4 aromatic heterocycles. The third kappa shape index (κ3) is 3.91. The van der Waals surface area contributed by atoms with E-state index in [1.807, 2.05) is 67.0 Å². The Bertz CT molecular complexity index is 1790. The summed E-state index contributed by atoms with van der Waals surface area (Å²) in [5, 5.41) is 8.17. The number of imidazole rings is 1. The first-order chi connectivity index (χ1) is 18.1. The first kappa shape index (κ1) is 21.7. The summed E-state index contributed by atoms with van der Waals surface area (Å²) in [6, 6.07) is 15.3. The van der Waals surface area contributed by atoms with Gasteiger partial charge in [0.05, 0.1) is 30.1 Å². The van der Waals surface area contributed by atoms with Gasteiger partial charge in [-0.3, -0.25) is 0 Å². The van der Waals surface area contributed by atoms with Crippen molar-refractivity contribution < 1.29 is 23.4 Å². The SMILES string of the molecule is COc1cc(OCc2csc(-c3ccc4c(c3)OCO4)n2)c2cc(-c3cn4nc(C)ccc4n3)oc2c1. The molecular formula is C27H20N4O5S. The van der Waals surface area contributed by atoms with Gasteiger partial charge >= 0.3 is 0 Å². The van der Waals surface area contributed by atoms with Crippen molar-refractivity contribution in [2.75, 3.05) is 13.9 Å². The fraction of sp³-hybridized carbons (Fsp3) is 0.148. The molecule has 1 aliphatic heterocycles. The number of rotatable bonds is 6. The van der Waals surface area contributed by atoms with Gasteiger partial charge < -0.3 is 23.4 Å². The second-order valence-corrected chi connectivity index (χ2v) is 9.41. The molecule has 0 bridgehead atoms. The molecule has 6 aromatic rings. The standard InChI is InChI=1S/C27H20N4O5S/c1-15-3-6-26-29-20(11-31(26)30-15)24-10-19-22(8-18(32-2)9-23(19)36-24)33-12-17-13-37-27(28-17)16-4-5-21-25(7-16)35-14-34-21/h3-11,13H,12,14H2,1-2H3. The van der Waals surface area contributed by atoms with Crippen LogP contribution in [0.2, 0.25) is 0 Å². The van der Waals surface area contributed by atoms with E-state index in [4.69, 9.17) is 28.3 Å². The predicted molar refractivity (Wildman–Crippen MR) is 137 cm³/mol. The average Bonchev–Trinajstić information content (AvgIpc) is 3.70. The lowest BCUT2D eigenvalue weighted by atomic mass is 10.2. The van der Waals surface area contributed by atoms with Crippen LogP contribution in [0.25, 0.3) is 38.6 Å². The summed E-state index contributed by atoms with van der Waals surface area (Å²) < 4.78 is 30.5. The molecule has 5 heterocycles. The van der Waals surface area contributed by atoms with Crippen LogP contribution in [-0.4, -0.2) is 33.5 Å². The summed E-state index contributed by atoms with van der Waals surface area (Å²) in [5.74, 6) is 3.38. The lowest BCUT2D eigenvalue weighted by Gasteiger charge is -2.08. The fourth-order valence-corrected chi connectivity index (χ4v) is 5.03. The molecule has 1 aliphatic rings. The molecule has 0 amide bonds. The van der Waals surface area contributed by atoms with Crippen molar-refractivity contribution in [3.05, 3.63) is 71.5 Å². The normalized spacial score (nSPS) is 12.5. The number of nitrogens with zero attached hydrogens (tertiary/aromatic N) is 4. The Labute approximate surface area is 214 Å². The van der Waals surface area contributed by atoms with E-state index in [0.717, 1.165) is 44.5 Å². The summed E-state index contributed by atoms with van der Waals surface area (Å²) in [6.45, 7) is 2.48. The molecule has 2 aromatic carbocycles. The molecule has 0 saturated carbocycles. The van der Waals surface area contributed by atoms with E-state index in [9.17, 15) is 0 Å². The highest BCUT2D eigenvalue weighted by molar-refractivity contribution is 7.13. The molecule has 37 heavy (non-hydrogen) atoms. The number of ether oxygens (including phenoxy) is 4. The van der Waals surface area contributed by atoms with E-state index < -0.39 is 0 Å². The number of fused-ring (bicyclic) bond motifs is 3. The molecule has 0 atom stereocenters. The molecule has 7 rings (SSSR count). The Balaban J connectivity index is 1.17. The van der Waals surface area contributed by atoms with Gasteiger partial charge in [0.2, 0.25) is 6.79 Å². The van der Waals surface area contributed by atoms with Crippen molar-refractivity contribution in [3.63, 3.8) is 0 Å². The van der Waals surface area contributed by atoms with Crippen molar-refractivity contribution in [2.45, 2.75) is 13.5 Å². The zero-order chi connectivity index (χ0) is 24.9. The number of hydrogen-bond donors (Lipinski definition) is 0. The minimum atomic E-state index is 0.244. The Morgan fingerprint density at radius 3 is 2.86 bits per heavy atom. The maximum atomic E-state index is 6.22. The molecule has 10 heteroatoms. The first-order valence-electron chi connectivity index (χ1n) is 11.6. The Morgan fingerprint density at radius 2 is 1.95 bits per heavy atom. The maximum absolute atomic E-state index is 6.22. The summed E-state index contributed by atoms with van der Waals surface area (Å²) in [4.78, 5) is 9.40. The van der Waals surface area contributed by atoms with Crippen LogP contribution in [0.5, 0.6) is 23.0 Å². The van der Waals surface area contributed by atoms with Crippen LogP contribution in [0.3, 0.4) is 0 Å². The van der Waals surface area contributed by atoms with Crippen molar-refractivity contribution >= 4 is 28.0 Å². The molecule has 9 nitrogen and oxygen atoms in total. The van der Waals surface area contributed by atoms with Crippen LogP contribution in [0.4, 0.5) is 0 Å². The van der Waals surface area contributed by atoms with Crippen molar-refractivity contribution in [3.8, 4) is 45.0 Å². The Hall–Kier alpha value is -4.57. The quantitative estimate of drug-likeness (QED) is 0.273. The van der Waals surface area contributed by atoms with Crippen LogP contribution in [0.15, 0.2) is 64.5 Å². The van der Waals surface area contributed by atoms with Gasteiger partial charge in [0, 0.05) is 23.1 Å². The second kappa shape index (κ2) is 8.52. The number of thiazole rings is 1. The lowest BCUT2D eigenvalue weighted by molar-refractivity contribution is 0.174. The molecule has 0 unspecified atom stereocenters. The van der Waals surface area contributed by atoms with Gasteiger partial charge in [-0.1, -0.05) is 0 Å². The van der Waals surface area contributed by atoms with Gasteiger partial charge in [-0.2, -0.15) is 5.10 Å². The van der Waals surface area contributed by atoms with Crippen LogP contribution in [0.1, 0.15) is 11.4 Å². The minimum Gasteiger partial charge on any atom is -0.496 e. The smallest absolute Gasteiger partial charge is 0.231 e. The van der Waals surface area contributed by atoms with Crippen molar-refractivity contribution in [1.82, 2.24) is 19.6 Å². The van der Waals surface area contributed by atoms with Gasteiger partial charge in [0.1, 0.15) is 34.4 Å². The van der Waals surface area contributed by atoms with Gasteiger partial charge in [0.15, 0.2) is 22.9 Å². The Morgan fingerprint density at radius 1 is 1.03 bits per heavy atom. The van der Waals surface area contributed by atoms with Crippen molar-refractivity contribution in [2.24, 2.45) is 0 Å². The zero-order valence-corrected chi connectivity index (χ0v) is 20.7. The number of hydrogen-bond acceptors (Lipinski definition) is 9. The number of furan rings is 1. The van der Waals surface area contributed by atoms with E-state index in [-0.39, 0.29) is 6.79 Å². The molecular weight excluding hydrogens is 492 g/mol. The van der Waals surface area contributed by atoms with E-state index in [0.29, 0.717) is 35.1 Å². The number of benzene rings is 2. The summed E-state index contributed by atoms with van der Waals surface area (Å²) in [7, 11) is 1.61. The van der Waals surface area contributed by atoms with E-state index in [1.165, 1.54) is 0 Å². The highest BCUT2D eigenvalue weighted by Gasteiger charge is 2.18. The van der Waals surface area contributed by atoms with Crippen molar-refractivity contribution in [1.29, 1.82) is 0 Å². The molecule has 0 saturated heterocycles. The van der Waals surface area contributed by atoms with Crippen LogP contribution in [0, 0.1) is 6.92 Å². The largest absolute Gasteiger partial charge is 0.496 e. The van der Waals surface area contributed by atoms with E-state index in [1.54, 1.807) is 23.0 Å². The number of methoxy groups -OCH3 is 1. The number of aryl methyl sites for hydroxylation is 1. The summed E-state index contributed by atoms with van der Waals surface area (Å²) >= 11 is 1.55. The third-order valence-electron chi connectivity index (χ3n) is 6.06. The topological polar surface area (TPSA) is 93.1 Å². The second-order valence-electron chi connectivity index (χ2n) is 8.55. The third-order valence-corrected chi connectivity index (χ3v) is 7.00. The fourth-order valence-electron chi connectivity index (χ4n) is 4.23.